The van der Waals surface area contributed by atoms with Crippen LogP contribution in [0.1, 0.15) is 47.5 Å². The molecule has 146 valence electrons. The second kappa shape index (κ2) is 11.1. The predicted octanol–water partition coefficient (Wildman–Crippen LogP) is 3.03. The van der Waals surface area contributed by atoms with E-state index in [1.807, 2.05) is 19.9 Å². The lowest BCUT2D eigenvalue weighted by Gasteiger charge is -2.12. The lowest BCUT2D eigenvalue weighted by molar-refractivity contribution is 0.0925. The second-order valence-corrected chi connectivity index (χ2v) is 6.29. The Bertz CT molecular complexity index is 752. The first-order valence-corrected chi connectivity index (χ1v) is 9.57. The van der Waals surface area contributed by atoms with Crippen molar-refractivity contribution in [1.29, 1.82) is 0 Å². The van der Waals surface area contributed by atoms with Crippen LogP contribution in [0.5, 0.6) is 0 Å². The maximum atomic E-state index is 12.0. The van der Waals surface area contributed by atoms with Crippen LogP contribution in [0.3, 0.4) is 0 Å². The Morgan fingerprint density at radius 1 is 1.04 bits per heavy atom. The van der Waals surface area contributed by atoms with E-state index in [0.29, 0.717) is 18.8 Å². The highest BCUT2D eigenvalue weighted by Gasteiger charge is 2.11. The Balaban J connectivity index is 1.77. The Kier molecular flexibility index (Phi) is 8.42. The molecule has 0 saturated heterocycles. The Hall–Kier alpha value is -2.76. The van der Waals surface area contributed by atoms with Crippen molar-refractivity contribution in [3.63, 3.8) is 0 Å². The summed E-state index contributed by atoms with van der Waals surface area (Å²) in [5.41, 5.74) is 3.42. The Morgan fingerprint density at radius 2 is 1.78 bits per heavy atom. The van der Waals surface area contributed by atoms with Gasteiger partial charge in [-0.1, -0.05) is 31.2 Å². The first-order valence-electron chi connectivity index (χ1n) is 9.57. The first-order chi connectivity index (χ1) is 13.2. The molecule has 1 aromatic carbocycles. The molecule has 1 amide bonds. The van der Waals surface area contributed by atoms with Gasteiger partial charge in [-0.2, -0.15) is 0 Å². The van der Waals surface area contributed by atoms with Gasteiger partial charge in [0.05, 0.1) is 12.8 Å². The van der Waals surface area contributed by atoms with E-state index < -0.39 is 0 Å². The molecule has 1 aromatic heterocycles. The van der Waals surface area contributed by atoms with Crippen LogP contribution in [0.2, 0.25) is 0 Å². The number of guanidine groups is 1. The molecule has 0 radical (unpaired) electrons. The molecular weight excluding hydrogens is 340 g/mol. The van der Waals surface area contributed by atoms with Crippen molar-refractivity contribution in [2.45, 2.75) is 40.2 Å². The third kappa shape index (κ3) is 6.47. The molecule has 0 saturated carbocycles. The highest BCUT2D eigenvalue weighted by molar-refractivity contribution is 5.92. The van der Waals surface area contributed by atoms with Gasteiger partial charge in [-0.25, -0.2) is 4.99 Å². The van der Waals surface area contributed by atoms with Crippen molar-refractivity contribution in [1.82, 2.24) is 16.0 Å². The molecule has 0 aliphatic heterocycles. The third-order valence-electron chi connectivity index (χ3n) is 4.25. The second-order valence-electron chi connectivity index (χ2n) is 6.29. The Labute approximate surface area is 161 Å². The largest absolute Gasteiger partial charge is 0.459 e. The SMILES string of the molecule is CCNC(=NCc1ccccc1CC)NCCCNC(=O)c1occc1C. The zero-order valence-corrected chi connectivity index (χ0v) is 16.5. The van der Waals surface area contributed by atoms with Crippen LogP contribution in [0.25, 0.3) is 0 Å². The van der Waals surface area contributed by atoms with Crippen LogP contribution in [0.4, 0.5) is 0 Å². The standard InChI is InChI=1S/C21H30N4O2/c1-4-17-9-6-7-10-18(17)15-25-21(22-5-2)24-13-8-12-23-20(26)19-16(3)11-14-27-19/h6-7,9-11,14H,4-5,8,12-13,15H2,1-3H3,(H,23,26)(H2,22,24,25). The van der Waals surface area contributed by atoms with E-state index in [1.54, 1.807) is 6.07 Å². The van der Waals surface area contributed by atoms with Gasteiger partial charge in [0.1, 0.15) is 0 Å². The smallest absolute Gasteiger partial charge is 0.287 e. The van der Waals surface area contributed by atoms with Crippen molar-refractivity contribution in [3.05, 3.63) is 59.0 Å². The molecule has 3 N–H and O–H groups in total. The fourth-order valence-electron chi connectivity index (χ4n) is 2.75. The lowest BCUT2D eigenvalue weighted by atomic mass is 10.1. The van der Waals surface area contributed by atoms with E-state index in [2.05, 4.69) is 46.1 Å². The summed E-state index contributed by atoms with van der Waals surface area (Å²) in [4.78, 5) is 16.7. The normalized spacial score (nSPS) is 11.3. The number of aliphatic imine (C=N–C) groups is 1. The maximum Gasteiger partial charge on any atom is 0.287 e. The molecule has 0 aliphatic carbocycles. The monoisotopic (exact) mass is 370 g/mol. The van der Waals surface area contributed by atoms with Crippen molar-refractivity contribution in [2.75, 3.05) is 19.6 Å². The molecule has 0 spiro atoms. The molecule has 0 atom stereocenters. The minimum absolute atomic E-state index is 0.172. The summed E-state index contributed by atoms with van der Waals surface area (Å²) in [6.07, 6.45) is 3.33. The average Bonchev–Trinajstić information content (AvgIpc) is 3.11. The minimum atomic E-state index is -0.172. The zero-order chi connectivity index (χ0) is 19.5. The molecule has 6 heteroatoms. The van der Waals surface area contributed by atoms with Crippen molar-refractivity contribution >= 4 is 11.9 Å². The number of hydrogen-bond donors (Lipinski definition) is 3. The van der Waals surface area contributed by atoms with E-state index >= 15 is 0 Å². The molecular formula is C21H30N4O2. The molecule has 2 rings (SSSR count). The summed E-state index contributed by atoms with van der Waals surface area (Å²) in [7, 11) is 0. The van der Waals surface area contributed by atoms with Crippen molar-refractivity contribution in [3.8, 4) is 0 Å². The van der Waals surface area contributed by atoms with Gasteiger partial charge in [0.2, 0.25) is 0 Å². The topological polar surface area (TPSA) is 78.7 Å². The van der Waals surface area contributed by atoms with Gasteiger partial charge < -0.3 is 20.4 Å². The number of furan rings is 1. The summed E-state index contributed by atoms with van der Waals surface area (Å²) in [6, 6.07) is 10.2. The molecule has 1 heterocycles. The number of nitrogens with zero attached hydrogens (tertiary/aromatic N) is 1. The van der Waals surface area contributed by atoms with Crippen molar-refractivity contribution in [2.24, 2.45) is 4.99 Å². The summed E-state index contributed by atoms with van der Waals surface area (Å²) in [6.45, 7) is 8.80. The van der Waals surface area contributed by atoms with Gasteiger partial charge in [0, 0.05) is 25.2 Å². The fourth-order valence-corrected chi connectivity index (χ4v) is 2.75. The van der Waals surface area contributed by atoms with Gasteiger partial charge in [-0.3, -0.25) is 4.79 Å². The van der Waals surface area contributed by atoms with Gasteiger partial charge in [0.25, 0.3) is 5.91 Å². The van der Waals surface area contributed by atoms with E-state index in [9.17, 15) is 4.79 Å². The van der Waals surface area contributed by atoms with E-state index in [0.717, 1.165) is 37.5 Å². The number of rotatable bonds is 9. The highest BCUT2D eigenvalue weighted by Crippen LogP contribution is 2.10. The van der Waals surface area contributed by atoms with Crippen LogP contribution >= 0.6 is 0 Å². The summed E-state index contributed by atoms with van der Waals surface area (Å²) in [5.74, 6) is 0.998. The minimum Gasteiger partial charge on any atom is -0.459 e. The third-order valence-corrected chi connectivity index (χ3v) is 4.25. The molecule has 27 heavy (non-hydrogen) atoms. The molecule has 0 unspecified atom stereocenters. The number of nitrogens with one attached hydrogen (secondary N) is 3. The highest BCUT2D eigenvalue weighted by atomic mass is 16.3. The van der Waals surface area contributed by atoms with E-state index in [1.165, 1.54) is 17.4 Å². The zero-order valence-electron chi connectivity index (χ0n) is 16.5. The van der Waals surface area contributed by atoms with Crippen molar-refractivity contribution < 1.29 is 9.21 Å². The molecule has 0 bridgehead atoms. The Morgan fingerprint density at radius 3 is 2.44 bits per heavy atom. The van der Waals surface area contributed by atoms with Crippen LogP contribution in [-0.2, 0) is 13.0 Å². The van der Waals surface area contributed by atoms with E-state index in [-0.39, 0.29) is 5.91 Å². The number of amides is 1. The van der Waals surface area contributed by atoms with Crippen LogP contribution < -0.4 is 16.0 Å². The summed E-state index contributed by atoms with van der Waals surface area (Å²) in [5, 5.41) is 9.44. The predicted molar refractivity (Wildman–Crippen MR) is 109 cm³/mol. The fraction of sp³-hybridized carbons (Fsp3) is 0.429. The van der Waals surface area contributed by atoms with E-state index in [4.69, 9.17) is 4.42 Å². The first kappa shape index (κ1) is 20.6. The lowest BCUT2D eigenvalue weighted by Crippen LogP contribution is -2.38. The molecule has 0 fully saturated rings. The number of benzene rings is 1. The van der Waals surface area contributed by atoms with Crippen LogP contribution in [0, 0.1) is 6.92 Å². The van der Waals surface area contributed by atoms with Gasteiger partial charge in [-0.05, 0) is 43.9 Å². The number of hydrogen-bond acceptors (Lipinski definition) is 3. The summed E-state index contributed by atoms with van der Waals surface area (Å²) < 4.78 is 5.19. The number of carbonyl (C=O) groups is 1. The number of aryl methyl sites for hydroxylation is 2. The number of carbonyl (C=O) groups excluding carboxylic acids is 1. The molecule has 0 aliphatic rings. The average molecular weight is 370 g/mol. The summed E-state index contributed by atoms with van der Waals surface area (Å²) >= 11 is 0. The van der Waals surface area contributed by atoms with Crippen LogP contribution in [0.15, 0.2) is 46.0 Å². The van der Waals surface area contributed by atoms with Gasteiger partial charge in [-0.15, -0.1) is 0 Å². The van der Waals surface area contributed by atoms with Gasteiger partial charge in [0.15, 0.2) is 11.7 Å². The molecule has 2 aromatic rings. The van der Waals surface area contributed by atoms with Crippen LogP contribution in [-0.4, -0.2) is 31.5 Å². The van der Waals surface area contributed by atoms with Gasteiger partial charge >= 0.3 is 0 Å². The molecule has 6 nitrogen and oxygen atoms in total. The quantitative estimate of drug-likeness (QED) is 0.360. The maximum absolute atomic E-state index is 12.0.